The molecule has 1 saturated heterocycles. The van der Waals surface area contributed by atoms with Crippen LogP contribution in [-0.4, -0.2) is 60.5 Å². The normalized spacial score (nSPS) is 15.6. The van der Waals surface area contributed by atoms with Gasteiger partial charge in [-0.2, -0.15) is 4.31 Å². The summed E-state index contributed by atoms with van der Waals surface area (Å²) in [4.78, 5) is 29.2. The molecule has 8 heteroatoms. The van der Waals surface area contributed by atoms with Crippen LogP contribution in [0.25, 0.3) is 10.9 Å². The van der Waals surface area contributed by atoms with E-state index in [9.17, 15) is 18.0 Å². The molecule has 0 aliphatic carbocycles. The highest BCUT2D eigenvalue weighted by atomic mass is 32.2. The van der Waals surface area contributed by atoms with Crippen LogP contribution in [0, 0.1) is 0 Å². The average molecular weight is 411 g/mol. The number of aromatic nitrogens is 1. The molecule has 0 radical (unpaired) electrons. The Morgan fingerprint density at radius 1 is 0.931 bits per heavy atom. The second-order valence-corrected chi connectivity index (χ2v) is 8.96. The Morgan fingerprint density at radius 2 is 1.59 bits per heavy atom. The minimum absolute atomic E-state index is 0.106. The Labute approximate surface area is 169 Å². The maximum Gasteiger partial charge on any atom is 0.256 e. The van der Waals surface area contributed by atoms with Gasteiger partial charge >= 0.3 is 0 Å². The lowest BCUT2D eigenvalue weighted by molar-refractivity contribution is 0.0700. The molecule has 1 fully saturated rings. The topological polar surface area (TPSA) is 90.6 Å². The molecule has 1 aliphatic heterocycles. The van der Waals surface area contributed by atoms with E-state index in [1.807, 2.05) is 24.3 Å². The molecule has 0 saturated carbocycles. The molecule has 1 aliphatic rings. The van der Waals surface area contributed by atoms with E-state index in [0.29, 0.717) is 24.2 Å². The SMILES string of the molecule is CC(=O)c1ccc(S(=O)(=O)N2CCN(C(=O)c3c[nH]c4ccccc34)CC2)cc1. The van der Waals surface area contributed by atoms with Crippen molar-refractivity contribution in [3.8, 4) is 0 Å². The Kier molecular flexibility index (Phi) is 4.97. The number of hydrogen-bond donors (Lipinski definition) is 1. The lowest BCUT2D eigenvalue weighted by Crippen LogP contribution is -2.50. The third-order valence-electron chi connectivity index (χ3n) is 5.24. The number of H-pyrrole nitrogens is 1. The zero-order chi connectivity index (χ0) is 20.6. The van der Waals surface area contributed by atoms with Gasteiger partial charge in [-0.3, -0.25) is 9.59 Å². The van der Waals surface area contributed by atoms with Crippen molar-refractivity contribution in [2.45, 2.75) is 11.8 Å². The first-order valence-corrected chi connectivity index (χ1v) is 10.8. The zero-order valence-corrected chi connectivity index (χ0v) is 16.8. The van der Waals surface area contributed by atoms with Crippen molar-refractivity contribution in [1.82, 2.24) is 14.2 Å². The number of hydrogen-bond acceptors (Lipinski definition) is 4. The molecule has 0 atom stereocenters. The molecule has 0 unspecified atom stereocenters. The highest BCUT2D eigenvalue weighted by molar-refractivity contribution is 7.89. The van der Waals surface area contributed by atoms with Gasteiger partial charge in [0.25, 0.3) is 5.91 Å². The number of para-hydroxylation sites is 1. The second-order valence-electron chi connectivity index (χ2n) is 7.02. The van der Waals surface area contributed by atoms with Crippen LogP contribution >= 0.6 is 0 Å². The number of Topliss-reactive ketones (excluding diaryl/α,β-unsaturated/α-hetero) is 1. The van der Waals surface area contributed by atoms with Gasteiger partial charge < -0.3 is 9.88 Å². The number of sulfonamides is 1. The number of fused-ring (bicyclic) bond motifs is 1. The van der Waals surface area contributed by atoms with Gasteiger partial charge in [0.15, 0.2) is 5.78 Å². The minimum atomic E-state index is -3.66. The van der Waals surface area contributed by atoms with Crippen LogP contribution in [0.5, 0.6) is 0 Å². The van der Waals surface area contributed by atoms with Gasteiger partial charge in [-0.05, 0) is 25.1 Å². The number of carbonyl (C=O) groups excluding carboxylic acids is 2. The Hall–Kier alpha value is -2.97. The van der Waals surface area contributed by atoms with Crippen molar-refractivity contribution in [2.24, 2.45) is 0 Å². The maximum absolute atomic E-state index is 12.9. The molecule has 7 nitrogen and oxygen atoms in total. The van der Waals surface area contributed by atoms with Crippen LogP contribution in [0.2, 0.25) is 0 Å². The van der Waals surface area contributed by atoms with Crippen molar-refractivity contribution >= 4 is 32.6 Å². The van der Waals surface area contributed by atoms with E-state index in [4.69, 9.17) is 0 Å². The van der Waals surface area contributed by atoms with Gasteiger partial charge in [0, 0.05) is 48.8 Å². The summed E-state index contributed by atoms with van der Waals surface area (Å²) in [5.74, 6) is -0.219. The van der Waals surface area contributed by atoms with Crippen molar-refractivity contribution < 1.29 is 18.0 Å². The number of benzene rings is 2. The van der Waals surface area contributed by atoms with E-state index in [1.54, 1.807) is 11.1 Å². The molecule has 4 rings (SSSR count). The van der Waals surface area contributed by atoms with Crippen LogP contribution in [0.1, 0.15) is 27.6 Å². The fourth-order valence-corrected chi connectivity index (χ4v) is 4.98. The largest absolute Gasteiger partial charge is 0.360 e. The number of amides is 1. The molecule has 1 amide bonds. The van der Waals surface area contributed by atoms with Gasteiger partial charge in [-0.15, -0.1) is 0 Å². The highest BCUT2D eigenvalue weighted by Gasteiger charge is 2.31. The summed E-state index contributed by atoms with van der Waals surface area (Å²) in [6.07, 6.45) is 1.70. The maximum atomic E-state index is 12.9. The van der Waals surface area contributed by atoms with Gasteiger partial charge in [-0.1, -0.05) is 30.3 Å². The van der Waals surface area contributed by atoms with Crippen LogP contribution in [0.3, 0.4) is 0 Å². The van der Waals surface area contributed by atoms with Crippen LogP contribution in [-0.2, 0) is 10.0 Å². The van der Waals surface area contributed by atoms with Gasteiger partial charge in [0.05, 0.1) is 10.5 Å². The molecule has 29 heavy (non-hydrogen) atoms. The Morgan fingerprint density at radius 3 is 2.24 bits per heavy atom. The summed E-state index contributed by atoms with van der Waals surface area (Å²) in [6, 6.07) is 13.5. The number of rotatable bonds is 4. The Balaban J connectivity index is 1.47. The zero-order valence-electron chi connectivity index (χ0n) is 16.0. The number of nitrogens with zero attached hydrogens (tertiary/aromatic N) is 2. The summed E-state index contributed by atoms with van der Waals surface area (Å²) in [5, 5.41) is 0.859. The third kappa shape index (κ3) is 3.56. The van der Waals surface area contributed by atoms with E-state index in [0.717, 1.165) is 10.9 Å². The first kappa shape index (κ1) is 19.4. The summed E-state index contributed by atoms with van der Waals surface area (Å²) >= 11 is 0. The summed E-state index contributed by atoms with van der Waals surface area (Å²) in [6.45, 7) is 2.54. The molecule has 0 spiro atoms. The number of carbonyl (C=O) groups is 2. The fraction of sp³-hybridized carbons (Fsp3) is 0.238. The first-order chi connectivity index (χ1) is 13.9. The van der Waals surface area contributed by atoms with Crippen LogP contribution in [0.15, 0.2) is 59.6 Å². The quantitative estimate of drug-likeness (QED) is 0.668. The smallest absolute Gasteiger partial charge is 0.256 e. The van der Waals surface area contributed by atoms with E-state index >= 15 is 0 Å². The molecule has 1 N–H and O–H groups in total. The van der Waals surface area contributed by atoms with Gasteiger partial charge in [0.1, 0.15) is 0 Å². The molecular weight excluding hydrogens is 390 g/mol. The lowest BCUT2D eigenvalue weighted by atomic mass is 10.1. The molecule has 1 aromatic heterocycles. The highest BCUT2D eigenvalue weighted by Crippen LogP contribution is 2.22. The van der Waals surface area contributed by atoms with E-state index in [2.05, 4.69) is 4.98 Å². The monoisotopic (exact) mass is 411 g/mol. The number of piperazine rings is 1. The number of ketones is 1. The van der Waals surface area contributed by atoms with E-state index in [-0.39, 0.29) is 29.7 Å². The summed E-state index contributed by atoms with van der Waals surface area (Å²) in [7, 11) is -3.66. The molecule has 150 valence electrons. The molecule has 2 aromatic carbocycles. The van der Waals surface area contributed by atoms with Crippen LogP contribution in [0.4, 0.5) is 0 Å². The molecule has 3 aromatic rings. The lowest BCUT2D eigenvalue weighted by Gasteiger charge is -2.34. The van der Waals surface area contributed by atoms with Crippen molar-refractivity contribution in [1.29, 1.82) is 0 Å². The average Bonchev–Trinajstić information content (AvgIpc) is 3.17. The standard InChI is InChI=1S/C21H21N3O4S/c1-15(25)16-6-8-17(9-7-16)29(27,28)24-12-10-23(11-13-24)21(26)19-14-22-20-5-3-2-4-18(19)20/h2-9,14,22H,10-13H2,1H3. The molecule has 2 heterocycles. The predicted molar refractivity (Wildman–Crippen MR) is 109 cm³/mol. The molecule has 0 bridgehead atoms. The predicted octanol–water partition coefficient (Wildman–Crippen LogP) is 2.52. The van der Waals surface area contributed by atoms with Gasteiger partial charge in [-0.25, -0.2) is 8.42 Å². The van der Waals surface area contributed by atoms with Crippen molar-refractivity contribution in [3.05, 3.63) is 65.9 Å². The summed E-state index contributed by atoms with van der Waals surface area (Å²) < 4.78 is 27.1. The van der Waals surface area contributed by atoms with Crippen LogP contribution < -0.4 is 0 Å². The summed E-state index contributed by atoms with van der Waals surface area (Å²) in [5.41, 5.74) is 1.96. The first-order valence-electron chi connectivity index (χ1n) is 9.34. The Bertz CT molecular complexity index is 1170. The van der Waals surface area contributed by atoms with E-state index in [1.165, 1.54) is 35.5 Å². The van der Waals surface area contributed by atoms with Crippen molar-refractivity contribution in [3.63, 3.8) is 0 Å². The fourth-order valence-electron chi connectivity index (χ4n) is 3.56. The van der Waals surface area contributed by atoms with E-state index < -0.39 is 10.0 Å². The van der Waals surface area contributed by atoms with Crippen molar-refractivity contribution in [2.75, 3.05) is 26.2 Å². The minimum Gasteiger partial charge on any atom is -0.360 e. The number of aromatic amines is 1. The second kappa shape index (κ2) is 7.46. The third-order valence-corrected chi connectivity index (χ3v) is 7.16. The van der Waals surface area contributed by atoms with Gasteiger partial charge in [0.2, 0.25) is 10.0 Å². The molecular formula is C21H21N3O4S. The number of nitrogens with one attached hydrogen (secondary N) is 1.